The number of hydrogen-bond acceptors (Lipinski definition) is 4. The van der Waals surface area contributed by atoms with Gasteiger partial charge in [-0.1, -0.05) is 18.2 Å². The third kappa shape index (κ3) is 4.14. The Morgan fingerprint density at radius 3 is 2.69 bits per heavy atom. The Balaban J connectivity index is 1.73. The maximum atomic E-state index is 13.6. The first-order chi connectivity index (χ1) is 12.6. The number of hydrogen-bond donors (Lipinski definition) is 2. The lowest BCUT2D eigenvalue weighted by atomic mass is 9.91. The molecule has 0 spiro atoms. The van der Waals surface area contributed by atoms with E-state index in [2.05, 4.69) is 10.6 Å². The van der Waals surface area contributed by atoms with Crippen LogP contribution >= 0.6 is 0 Å². The number of carbonyl (C=O) groups is 1. The average Bonchev–Trinajstić information content (AvgIpc) is 2.66. The minimum atomic E-state index is -0.305. The summed E-state index contributed by atoms with van der Waals surface area (Å²) in [4.78, 5) is 11.8. The van der Waals surface area contributed by atoms with Crippen LogP contribution in [0.3, 0.4) is 0 Å². The lowest BCUT2D eigenvalue weighted by Crippen LogP contribution is -2.48. The number of amides is 1. The molecular weight excluding hydrogens is 335 g/mol. The van der Waals surface area contributed by atoms with E-state index in [9.17, 15) is 9.18 Å². The third-order valence-electron chi connectivity index (χ3n) is 4.63. The van der Waals surface area contributed by atoms with Crippen molar-refractivity contribution in [3.05, 3.63) is 59.4 Å². The molecular formula is C20H23FN2O3. The van der Waals surface area contributed by atoms with Gasteiger partial charge in [0.15, 0.2) is 11.5 Å². The van der Waals surface area contributed by atoms with Crippen LogP contribution in [0.1, 0.15) is 30.0 Å². The van der Waals surface area contributed by atoms with Crippen LogP contribution in [0.2, 0.25) is 0 Å². The zero-order chi connectivity index (χ0) is 18.5. The monoisotopic (exact) mass is 358 g/mol. The van der Waals surface area contributed by atoms with E-state index in [1.54, 1.807) is 20.3 Å². The van der Waals surface area contributed by atoms with Crippen molar-refractivity contribution in [1.29, 1.82) is 0 Å². The molecule has 0 aliphatic carbocycles. The number of ether oxygens (including phenoxy) is 2. The summed E-state index contributed by atoms with van der Waals surface area (Å²) in [5, 5.41) is 6.46. The van der Waals surface area contributed by atoms with Crippen molar-refractivity contribution in [3.63, 3.8) is 0 Å². The van der Waals surface area contributed by atoms with Crippen LogP contribution < -0.4 is 20.1 Å². The molecule has 1 heterocycles. The van der Waals surface area contributed by atoms with E-state index < -0.39 is 0 Å². The Labute approximate surface area is 152 Å². The van der Waals surface area contributed by atoms with E-state index in [1.165, 1.54) is 12.1 Å². The van der Waals surface area contributed by atoms with E-state index in [1.807, 2.05) is 24.3 Å². The molecule has 26 heavy (non-hydrogen) atoms. The molecule has 1 fully saturated rings. The number of halogens is 1. The minimum absolute atomic E-state index is 0.0107. The largest absolute Gasteiger partial charge is 0.493 e. The number of methoxy groups -OCH3 is 2. The van der Waals surface area contributed by atoms with Gasteiger partial charge >= 0.3 is 0 Å². The van der Waals surface area contributed by atoms with Crippen LogP contribution in [0.25, 0.3) is 0 Å². The Morgan fingerprint density at radius 2 is 1.96 bits per heavy atom. The lowest BCUT2D eigenvalue weighted by molar-refractivity contribution is -0.123. The smallest absolute Gasteiger partial charge is 0.220 e. The molecule has 0 aromatic heterocycles. The zero-order valence-electron chi connectivity index (χ0n) is 14.9. The third-order valence-corrected chi connectivity index (χ3v) is 4.63. The molecule has 5 nitrogen and oxygen atoms in total. The normalized spacial score (nSPS) is 19.7. The number of nitrogens with one attached hydrogen (secondary N) is 2. The van der Waals surface area contributed by atoms with Crippen molar-refractivity contribution in [3.8, 4) is 11.5 Å². The van der Waals surface area contributed by atoms with Crippen LogP contribution in [-0.2, 0) is 11.3 Å². The highest BCUT2D eigenvalue weighted by atomic mass is 19.1. The Morgan fingerprint density at radius 1 is 1.15 bits per heavy atom. The molecule has 3 rings (SSSR count). The van der Waals surface area contributed by atoms with Crippen molar-refractivity contribution >= 4 is 5.91 Å². The SMILES string of the molecule is COc1ccc(CN[C@@H]2CCC(=O)N[C@H]2c2cccc(F)c2)cc1OC. The molecule has 1 amide bonds. The van der Waals surface area contributed by atoms with E-state index in [4.69, 9.17) is 9.47 Å². The van der Waals surface area contributed by atoms with Gasteiger partial charge in [-0.3, -0.25) is 4.79 Å². The molecule has 138 valence electrons. The fourth-order valence-corrected chi connectivity index (χ4v) is 3.27. The van der Waals surface area contributed by atoms with Gasteiger partial charge in [-0.2, -0.15) is 0 Å². The molecule has 1 aliphatic rings. The zero-order valence-corrected chi connectivity index (χ0v) is 14.9. The molecule has 0 radical (unpaired) electrons. The predicted octanol–water partition coefficient (Wildman–Crippen LogP) is 2.95. The summed E-state index contributed by atoms with van der Waals surface area (Å²) in [6.45, 7) is 0.604. The van der Waals surface area contributed by atoms with E-state index >= 15 is 0 Å². The lowest BCUT2D eigenvalue weighted by Gasteiger charge is -2.33. The molecule has 0 unspecified atom stereocenters. The van der Waals surface area contributed by atoms with Crippen molar-refractivity contribution in [2.24, 2.45) is 0 Å². The second-order valence-corrected chi connectivity index (χ2v) is 6.32. The van der Waals surface area contributed by atoms with Crippen molar-refractivity contribution in [1.82, 2.24) is 10.6 Å². The topological polar surface area (TPSA) is 59.6 Å². The maximum absolute atomic E-state index is 13.6. The highest BCUT2D eigenvalue weighted by Crippen LogP contribution is 2.28. The van der Waals surface area contributed by atoms with Crippen molar-refractivity contribution < 1.29 is 18.7 Å². The summed E-state index contributed by atoms with van der Waals surface area (Å²) in [6.07, 6.45) is 1.15. The van der Waals surface area contributed by atoms with Crippen LogP contribution in [-0.4, -0.2) is 26.2 Å². The molecule has 0 saturated carbocycles. The second-order valence-electron chi connectivity index (χ2n) is 6.32. The van der Waals surface area contributed by atoms with Gasteiger partial charge in [0.05, 0.1) is 20.3 Å². The summed E-state index contributed by atoms with van der Waals surface area (Å²) >= 11 is 0. The van der Waals surface area contributed by atoms with Gasteiger partial charge in [0.2, 0.25) is 5.91 Å². The summed E-state index contributed by atoms with van der Waals surface area (Å²) < 4.78 is 24.2. The van der Waals surface area contributed by atoms with Crippen LogP contribution in [0, 0.1) is 5.82 Å². The number of carbonyl (C=O) groups excluding carboxylic acids is 1. The molecule has 2 atom stereocenters. The number of piperidine rings is 1. The highest BCUT2D eigenvalue weighted by molar-refractivity contribution is 5.77. The van der Waals surface area contributed by atoms with Gasteiger partial charge in [-0.15, -0.1) is 0 Å². The Bertz CT molecular complexity index is 781. The summed E-state index contributed by atoms with van der Waals surface area (Å²) in [5.74, 6) is 1.04. The molecule has 0 bridgehead atoms. The first-order valence-electron chi connectivity index (χ1n) is 8.60. The minimum Gasteiger partial charge on any atom is -0.493 e. The van der Waals surface area contributed by atoms with E-state index in [-0.39, 0.29) is 23.8 Å². The fourth-order valence-electron chi connectivity index (χ4n) is 3.27. The number of rotatable bonds is 6. The van der Waals surface area contributed by atoms with Crippen LogP contribution in [0.4, 0.5) is 4.39 Å². The van der Waals surface area contributed by atoms with E-state index in [0.29, 0.717) is 30.9 Å². The first-order valence-corrected chi connectivity index (χ1v) is 8.60. The quantitative estimate of drug-likeness (QED) is 0.834. The molecule has 1 aliphatic heterocycles. The van der Waals surface area contributed by atoms with Crippen LogP contribution in [0.5, 0.6) is 11.5 Å². The van der Waals surface area contributed by atoms with Gasteiger partial charge in [0.1, 0.15) is 5.82 Å². The summed E-state index contributed by atoms with van der Waals surface area (Å²) in [7, 11) is 3.20. The number of benzene rings is 2. The van der Waals surface area contributed by atoms with E-state index in [0.717, 1.165) is 11.1 Å². The van der Waals surface area contributed by atoms with Gasteiger partial charge in [0.25, 0.3) is 0 Å². The molecule has 1 saturated heterocycles. The fraction of sp³-hybridized carbons (Fsp3) is 0.350. The van der Waals surface area contributed by atoms with Crippen molar-refractivity contribution in [2.45, 2.75) is 31.5 Å². The second kappa shape index (κ2) is 8.19. The highest BCUT2D eigenvalue weighted by Gasteiger charge is 2.29. The molecule has 2 aromatic rings. The van der Waals surface area contributed by atoms with Gasteiger partial charge < -0.3 is 20.1 Å². The van der Waals surface area contributed by atoms with Crippen LogP contribution in [0.15, 0.2) is 42.5 Å². The Kier molecular flexibility index (Phi) is 5.73. The summed E-state index contributed by atoms with van der Waals surface area (Å²) in [5.41, 5.74) is 1.81. The van der Waals surface area contributed by atoms with Crippen molar-refractivity contribution in [2.75, 3.05) is 14.2 Å². The van der Waals surface area contributed by atoms with Gasteiger partial charge in [0, 0.05) is 19.0 Å². The van der Waals surface area contributed by atoms with Gasteiger partial charge in [-0.25, -0.2) is 4.39 Å². The average molecular weight is 358 g/mol. The molecule has 2 aromatic carbocycles. The molecule has 2 N–H and O–H groups in total. The maximum Gasteiger partial charge on any atom is 0.220 e. The summed E-state index contributed by atoms with van der Waals surface area (Å²) in [6, 6.07) is 11.9. The standard InChI is InChI=1S/C20H23FN2O3/c1-25-17-8-6-13(10-18(17)26-2)12-22-16-7-9-19(24)23-20(16)14-4-3-5-15(21)11-14/h3-6,8,10-11,16,20,22H,7,9,12H2,1-2H3,(H,23,24)/t16-,20+/m1/s1. The first kappa shape index (κ1) is 18.2. The Hall–Kier alpha value is -2.60. The molecule has 6 heteroatoms. The predicted molar refractivity (Wildman–Crippen MR) is 96.7 cm³/mol. The van der Waals surface area contributed by atoms with Gasteiger partial charge in [-0.05, 0) is 41.8 Å².